The summed E-state index contributed by atoms with van der Waals surface area (Å²) in [7, 11) is 0. The predicted molar refractivity (Wildman–Crippen MR) is 100 cm³/mol. The maximum absolute atomic E-state index is 12.0. The molecule has 0 N–H and O–H groups in total. The zero-order valence-electron chi connectivity index (χ0n) is 13.4. The van der Waals surface area contributed by atoms with Crippen molar-refractivity contribution in [1.82, 2.24) is 4.98 Å². The van der Waals surface area contributed by atoms with Gasteiger partial charge in [0.1, 0.15) is 5.75 Å². The third-order valence-corrected chi connectivity index (χ3v) is 3.92. The van der Waals surface area contributed by atoms with E-state index in [1.54, 1.807) is 12.1 Å². The normalized spacial score (nSPS) is 11.2. The van der Waals surface area contributed by atoms with Crippen molar-refractivity contribution in [3.05, 3.63) is 90.5 Å². The maximum atomic E-state index is 12.0. The van der Waals surface area contributed by atoms with Crippen molar-refractivity contribution in [2.24, 2.45) is 0 Å². The van der Waals surface area contributed by atoms with Crippen molar-refractivity contribution >= 4 is 33.9 Å². The van der Waals surface area contributed by atoms with Crippen LogP contribution < -0.4 is 4.74 Å². The number of rotatable bonds is 3. The fourth-order valence-electron chi connectivity index (χ4n) is 2.70. The first-order valence-electron chi connectivity index (χ1n) is 8.02. The summed E-state index contributed by atoms with van der Waals surface area (Å²) in [5, 5.41) is 2.00. The van der Waals surface area contributed by atoms with Gasteiger partial charge in [0.25, 0.3) is 0 Å². The van der Waals surface area contributed by atoms with Crippen LogP contribution in [0.5, 0.6) is 5.75 Å². The lowest BCUT2D eigenvalue weighted by Gasteiger charge is -2.05. The molecule has 0 spiro atoms. The molecule has 4 rings (SSSR count). The summed E-state index contributed by atoms with van der Waals surface area (Å²) in [5.41, 5.74) is 2.78. The Morgan fingerprint density at radius 3 is 2.44 bits per heavy atom. The molecule has 3 nitrogen and oxygen atoms in total. The highest BCUT2D eigenvalue weighted by Crippen LogP contribution is 2.23. The Balaban J connectivity index is 1.58. The van der Waals surface area contributed by atoms with Crippen LogP contribution in [0.15, 0.2) is 84.9 Å². The minimum absolute atomic E-state index is 0.406. The number of fused-ring (bicyclic) bond motifs is 2. The van der Waals surface area contributed by atoms with Crippen molar-refractivity contribution in [3.63, 3.8) is 0 Å². The van der Waals surface area contributed by atoms with E-state index in [0.29, 0.717) is 5.75 Å². The van der Waals surface area contributed by atoms with Crippen LogP contribution in [0, 0.1) is 0 Å². The third kappa shape index (κ3) is 3.40. The smallest absolute Gasteiger partial charge is 0.336 e. The minimum Gasteiger partial charge on any atom is -0.423 e. The number of carbonyl (C=O) groups is 1. The monoisotopic (exact) mass is 325 g/mol. The summed E-state index contributed by atoms with van der Waals surface area (Å²) in [6.45, 7) is 0. The maximum Gasteiger partial charge on any atom is 0.336 e. The lowest BCUT2D eigenvalue weighted by atomic mass is 10.1. The molecule has 0 amide bonds. The molecule has 0 aliphatic heterocycles. The molecule has 25 heavy (non-hydrogen) atoms. The van der Waals surface area contributed by atoms with Crippen LogP contribution >= 0.6 is 0 Å². The van der Waals surface area contributed by atoms with Gasteiger partial charge >= 0.3 is 5.97 Å². The molecule has 0 bridgehead atoms. The molecule has 3 heteroatoms. The summed E-state index contributed by atoms with van der Waals surface area (Å²) in [4.78, 5) is 16.6. The zero-order chi connectivity index (χ0) is 17.1. The summed E-state index contributed by atoms with van der Waals surface area (Å²) in [6, 6.07) is 25.1. The van der Waals surface area contributed by atoms with Crippen LogP contribution in [-0.4, -0.2) is 11.0 Å². The van der Waals surface area contributed by atoms with Gasteiger partial charge in [-0.05, 0) is 42.0 Å². The first-order valence-corrected chi connectivity index (χ1v) is 8.02. The molecule has 0 aliphatic carbocycles. The van der Waals surface area contributed by atoms with E-state index in [1.807, 2.05) is 66.7 Å². The molecular formula is C22H15NO2. The number of ether oxygens (including phenoxy) is 1. The highest BCUT2D eigenvalue weighted by molar-refractivity contribution is 5.94. The van der Waals surface area contributed by atoms with E-state index in [-0.39, 0.29) is 0 Å². The van der Waals surface area contributed by atoms with Crippen molar-refractivity contribution in [2.45, 2.75) is 0 Å². The number of carbonyl (C=O) groups excluding carboxylic acids is 1. The number of hydrogen-bond acceptors (Lipinski definition) is 3. The highest BCUT2D eigenvalue weighted by atomic mass is 16.5. The second-order valence-corrected chi connectivity index (χ2v) is 5.70. The molecule has 0 aliphatic rings. The van der Waals surface area contributed by atoms with Gasteiger partial charge in [-0.1, -0.05) is 48.5 Å². The van der Waals surface area contributed by atoms with Crippen molar-refractivity contribution in [3.8, 4) is 5.75 Å². The summed E-state index contributed by atoms with van der Waals surface area (Å²) in [6.07, 6.45) is 3.16. The summed E-state index contributed by atoms with van der Waals surface area (Å²) in [5.74, 6) is 0.101. The molecule has 4 aromatic rings. The minimum atomic E-state index is -0.406. The Morgan fingerprint density at radius 1 is 0.800 bits per heavy atom. The first-order chi connectivity index (χ1) is 12.3. The molecule has 0 atom stereocenters. The second-order valence-electron chi connectivity index (χ2n) is 5.70. The highest BCUT2D eigenvalue weighted by Gasteiger charge is 2.04. The Kier molecular flexibility index (Phi) is 3.97. The van der Waals surface area contributed by atoms with Crippen molar-refractivity contribution in [1.29, 1.82) is 0 Å². The van der Waals surface area contributed by atoms with Gasteiger partial charge < -0.3 is 4.74 Å². The Morgan fingerprint density at radius 2 is 1.56 bits per heavy atom. The van der Waals surface area contributed by atoms with Gasteiger partial charge in [0.05, 0.1) is 11.0 Å². The Bertz CT molecular complexity index is 1080. The van der Waals surface area contributed by atoms with E-state index in [2.05, 4.69) is 11.1 Å². The van der Waals surface area contributed by atoms with Gasteiger partial charge in [-0.3, -0.25) is 0 Å². The molecule has 1 heterocycles. The number of nitrogens with zero attached hydrogens (tertiary/aromatic N) is 1. The number of pyridine rings is 1. The number of esters is 1. The largest absolute Gasteiger partial charge is 0.423 e. The van der Waals surface area contributed by atoms with Gasteiger partial charge in [-0.2, -0.15) is 0 Å². The average Bonchev–Trinajstić information content (AvgIpc) is 2.65. The number of para-hydroxylation sites is 1. The van der Waals surface area contributed by atoms with E-state index in [4.69, 9.17) is 4.74 Å². The molecule has 0 saturated carbocycles. The van der Waals surface area contributed by atoms with Crippen LogP contribution in [0.1, 0.15) is 5.56 Å². The van der Waals surface area contributed by atoms with E-state index >= 15 is 0 Å². The van der Waals surface area contributed by atoms with Crippen LogP contribution in [0.25, 0.3) is 27.9 Å². The number of benzene rings is 3. The average molecular weight is 325 g/mol. The number of hydrogen-bond donors (Lipinski definition) is 0. The van der Waals surface area contributed by atoms with Gasteiger partial charge in [-0.25, -0.2) is 9.78 Å². The van der Waals surface area contributed by atoms with Gasteiger partial charge in [0.15, 0.2) is 0 Å². The molecule has 0 radical (unpaired) electrons. The summed E-state index contributed by atoms with van der Waals surface area (Å²) < 4.78 is 5.40. The van der Waals surface area contributed by atoms with Gasteiger partial charge in [0, 0.05) is 16.8 Å². The Labute approximate surface area is 145 Å². The van der Waals surface area contributed by atoms with E-state index in [0.717, 1.165) is 27.4 Å². The van der Waals surface area contributed by atoms with Crippen LogP contribution in [0.4, 0.5) is 0 Å². The molecule has 1 aromatic heterocycles. The van der Waals surface area contributed by atoms with Crippen molar-refractivity contribution < 1.29 is 9.53 Å². The van der Waals surface area contributed by atoms with Crippen molar-refractivity contribution in [2.75, 3.05) is 0 Å². The fraction of sp³-hybridized carbons (Fsp3) is 0. The van der Waals surface area contributed by atoms with Gasteiger partial charge in [-0.15, -0.1) is 0 Å². The predicted octanol–water partition coefficient (Wildman–Crippen LogP) is 5.01. The van der Waals surface area contributed by atoms with Crippen LogP contribution in [0.2, 0.25) is 0 Å². The second kappa shape index (κ2) is 6.57. The standard InChI is InChI=1S/C22H15NO2/c24-22(13-10-16-6-2-1-3-7-16)25-19-11-12-21-18(15-19)14-17-8-4-5-9-20(17)23-21/h1-15H/b13-10+. The fourth-order valence-corrected chi connectivity index (χ4v) is 2.70. The molecule has 3 aromatic carbocycles. The lowest BCUT2D eigenvalue weighted by Crippen LogP contribution is -2.03. The van der Waals surface area contributed by atoms with Crippen LogP contribution in [0.3, 0.4) is 0 Å². The lowest BCUT2D eigenvalue weighted by molar-refractivity contribution is -0.128. The van der Waals surface area contributed by atoms with E-state index in [1.165, 1.54) is 6.08 Å². The molecular weight excluding hydrogens is 310 g/mol. The summed E-state index contributed by atoms with van der Waals surface area (Å²) >= 11 is 0. The molecule has 0 fully saturated rings. The molecule has 0 unspecified atom stereocenters. The third-order valence-electron chi connectivity index (χ3n) is 3.92. The number of aromatic nitrogens is 1. The molecule has 0 saturated heterocycles. The SMILES string of the molecule is O=C(/C=C/c1ccccc1)Oc1ccc2nc3ccccc3cc2c1. The topological polar surface area (TPSA) is 39.2 Å². The van der Waals surface area contributed by atoms with Crippen LogP contribution in [-0.2, 0) is 4.79 Å². The Hall–Kier alpha value is -3.46. The van der Waals surface area contributed by atoms with Gasteiger partial charge in [0.2, 0.25) is 0 Å². The quantitative estimate of drug-likeness (QED) is 0.230. The van der Waals surface area contributed by atoms with E-state index in [9.17, 15) is 4.79 Å². The molecule has 120 valence electrons. The van der Waals surface area contributed by atoms with E-state index < -0.39 is 5.97 Å². The first kappa shape index (κ1) is 15.1. The zero-order valence-corrected chi connectivity index (χ0v) is 13.4.